The molecule has 1 aliphatic rings. The number of likely N-dealkylation sites (N-methyl/N-ethyl adjacent to an activating group) is 1. The van der Waals surface area contributed by atoms with Gasteiger partial charge in [-0.15, -0.1) is 0 Å². The van der Waals surface area contributed by atoms with E-state index < -0.39 is 0 Å². The fraction of sp³-hybridized carbons (Fsp3) is 0.667. The first-order valence-corrected chi connectivity index (χ1v) is 6.03. The maximum atomic E-state index is 11.4. The summed E-state index contributed by atoms with van der Waals surface area (Å²) in [5.74, 6) is 0.725. The standard InChI is InChI=1S/C12H22N4O/c1-4-13-12(14-9-11(17)16(2)3)15-10-7-5-6-8-10/h5-6,10H,4,7-9H2,1-3H3,(H2,13,14,15). The zero-order valence-corrected chi connectivity index (χ0v) is 10.9. The second-order valence-electron chi connectivity index (χ2n) is 4.27. The van der Waals surface area contributed by atoms with Gasteiger partial charge in [0.15, 0.2) is 5.96 Å². The van der Waals surface area contributed by atoms with Crippen LogP contribution in [0, 0.1) is 0 Å². The minimum absolute atomic E-state index is 0.00625. The predicted molar refractivity (Wildman–Crippen MR) is 70.0 cm³/mol. The van der Waals surface area contributed by atoms with Crippen molar-refractivity contribution in [2.24, 2.45) is 4.99 Å². The average molecular weight is 238 g/mol. The van der Waals surface area contributed by atoms with Crippen molar-refractivity contribution in [3.8, 4) is 0 Å². The number of rotatable bonds is 4. The Hall–Kier alpha value is -1.52. The Labute approximate surface area is 103 Å². The molecule has 1 amide bonds. The molecule has 0 radical (unpaired) electrons. The highest BCUT2D eigenvalue weighted by Crippen LogP contribution is 2.08. The summed E-state index contributed by atoms with van der Waals surface area (Å²) in [5.41, 5.74) is 0. The second kappa shape index (κ2) is 6.93. The fourth-order valence-corrected chi connectivity index (χ4v) is 1.54. The van der Waals surface area contributed by atoms with Crippen LogP contribution in [0.2, 0.25) is 0 Å². The minimum atomic E-state index is 0.00625. The molecule has 0 heterocycles. The van der Waals surface area contributed by atoms with Gasteiger partial charge in [-0.1, -0.05) is 12.2 Å². The Balaban J connectivity index is 2.45. The highest BCUT2D eigenvalue weighted by Gasteiger charge is 2.12. The van der Waals surface area contributed by atoms with Crippen molar-refractivity contribution in [1.29, 1.82) is 0 Å². The minimum Gasteiger partial charge on any atom is -0.357 e. The molecule has 96 valence electrons. The number of guanidine groups is 1. The summed E-state index contributed by atoms with van der Waals surface area (Å²) < 4.78 is 0. The van der Waals surface area contributed by atoms with Gasteiger partial charge in [-0.05, 0) is 19.8 Å². The molecule has 1 aliphatic carbocycles. The van der Waals surface area contributed by atoms with Gasteiger partial charge < -0.3 is 15.5 Å². The molecule has 0 saturated carbocycles. The molecule has 5 heteroatoms. The zero-order chi connectivity index (χ0) is 12.7. The lowest BCUT2D eigenvalue weighted by Gasteiger charge is -2.17. The van der Waals surface area contributed by atoms with E-state index in [-0.39, 0.29) is 12.5 Å². The van der Waals surface area contributed by atoms with Crippen LogP contribution in [-0.4, -0.2) is 50.0 Å². The molecular weight excluding hydrogens is 216 g/mol. The van der Waals surface area contributed by atoms with E-state index in [2.05, 4.69) is 27.8 Å². The van der Waals surface area contributed by atoms with E-state index in [0.29, 0.717) is 6.04 Å². The third-order valence-corrected chi connectivity index (χ3v) is 2.56. The van der Waals surface area contributed by atoms with Crippen LogP contribution in [0.4, 0.5) is 0 Å². The maximum Gasteiger partial charge on any atom is 0.243 e. The third-order valence-electron chi connectivity index (χ3n) is 2.56. The van der Waals surface area contributed by atoms with Gasteiger partial charge >= 0.3 is 0 Å². The third kappa shape index (κ3) is 4.89. The summed E-state index contributed by atoms with van der Waals surface area (Å²) in [7, 11) is 3.47. The number of aliphatic imine (C=N–C) groups is 1. The molecule has 0 fully saturated rings. The van der Waals surface area contributed by atoms with Crippen LogP contribution >= 0.6 is 0 Å². The lowest BCUT2D eigenvalue weighted by atomic mass is 10.2. The lowest BCUT2D eigenvalue weighted by molar-refractivity contribution is -0.127. The normalized spacial score (nSPS) is 16.1. The monoisotopic (exact) mass is 238 g/mol. The average Bonchev–Trinajstić information content (AvgIpc) is 2.78. The molecule has 0 aliphatic heterocycles. The van der Waals surface area contributed by atoms with Gasteiger partial charge in [-0.25, -0.2) is 4.99 Å². The van der Waals surface area contributed by atoms with Crippen molar-refractivity contribution in [3.63, 3.8) is 0 Å². The van der Waals surface area contributed by atoms with Gasteiger partial charge in [0.05, 0.1) is 0 Å². The second-order valence-corrected chi connectivity index (χ2v) is 4.27. The summed E-state index contributed by atoms with van der Waals surface area (Å²) in [6.07, 6.45) is 6.36. The Morgan fingerprint density at radius 1 is 1.41 bits per heavy atom. The van der Waals surface area contributed by atoms with E-state index in [1.165, 1.54) is 0 Å². The van der Waals surface area contributed by atoms with Crippen LogP contribution in [0.3, 0.4) is 0 Å². The predicted octanol–water partition coefficient (Wildman–Crippen LogP) is 0.348. The lowest BCUT2D eigenvalue weighted by Crippen LogP contribution is -2.43. The van der Waals surface area contributed by atoms with E-state index in [0.717, 1.165) is 25.3 Å². The number of amides is 1. The molecule has 2 N–H and O–H groups in total. The van der Waals surface area contributed by atoms with Crippen LogP contribution in [-0.2, 0) is 4.79 Å². The van der Waals surface area contributed by atoms with E-state index in [4.69, 9.17) is 0 Å². The van der Waals surface area contributed by atoms with Gasteiger partial charge in [0, 0.05) is 26.7 Å². The van der Waals surface area contributed by atoms with Crippen molar-refractivity contribution in [2.45, 2.75) is 25.8 Å². The quantitative estimate of drug-likeness (QED) is 0.422. The number of hydrogen-bond acceptors (Lipinski definition) is 2. The topological polar surface area (TPSA) is 56.7 Å². The first-order chi connectivity index (χ1) is 8.13. The SMILES string of the molecule is CCNC(=NCC(=O)N(C)C)NC1CC=CC1. The number of nitrogens with one attached hydrogen (secondary N) is 2. The van der Waals surface area contributed by atoms with Gasteiger partial charge in [-0.3, -0.25) is 4.79 Å². The summed E-state index contributed by atoms with van der Waals surface area (Å²) in [6.45, 7) is 2.99. The summed E-state index contributed by atoms with van der Waals surface area (Å²) in [5, 5.41) is 6.46. The molecule has 1 rings (SSSR count). The van der Waals surface area contributed by atoms with Crippen LogP contribution in [0.1, 0.15) is 19.8 Å². The fourth-order valence-electron chi connectivity index (χ4n) is 1.54. The van der Waals surface area contributed by atoms with Crippen molar-refractivity contribution in [2.75, 3.05) is 27.2 Å². The van der Waals surface area contributed by atoms with Crippen LogP contribution < -0.4 is 10.6 Å². The number of nitrogens with zero attached hydrogens (tertiary/aromatic N) is 2. The molecule has 0 aromatic rings. The van der Waals surface area contributed by atoms with Crippen molar-refractivity contribution < 1.29 is 4.79 Å². The van der Waals surface area contributed by atoms with Gasteiger partial charge in [0.25, 0.3) is 0 Å². The zero-order valence-electron chi connectivity index (χ0n) is 10.9. The highest BCUT2D eigenvalue weighted by atomic mass is 16.2. The molecule has 0 aromatic heterocycles. The van der Waals surface area contributed by atoms with Crippen LogP contribution in [0.5, 0.6) is 0 Å². The Bertz CT molecular complexity index is 302. The molecule has 0 saturated heterocycles. The smallest absolute Gasteiger partial charge is 0.243 e. The first-order valence-electron chi connectivity index (χ1n) is 6.03. The molecule has 0 aromatic carbocycles. The van der Waals surface area contributed by atoms with Crippen molar-refractivity contribution in [3.05, 3.63) is 12.2 Å². The molecule has 0 unspecified atom stereocenters. The molecule has 0 bridgehead atoms. The van der Waals surface area contributed by atoms with E-state index in [1.807, 2.05) is 6.92 Å². The van der Waals surface area contributed by atoms with Gasteiger partial charge in [0.1, 0.15) is 6.54 Å². The van der Waals surface area contributed by atoms with Crippen LogP contribution in [0.15, 0.2) is 17.1 Å². The largest absolute Gasteiger partial charge is 0.357 e. The van der Waals surface area contributed by atoms with E-state index in [1.54, 1.807) is 19.0 Å². The number of hydrogen-bond donors (Lipinski definition) is 2. The van der Waals surface area contributed by atoms with Crippen LogP contribution in [0.25, 0.3) is 0 Å². The molecule has 5 nitrogen and oxygen atoms in total. The summed E-state index contributed by atoms with van der Waals surface area (Å²) in [4.78, 5) is 17.3. The van der Waals surface area contributed by atoms with Crippen molar-refractivity contribution >= 4 is 11.9 Å². The van der Waals surface area contributed by atoms with E-state index >= 15 is 0 Å². The number of carbonyl (C=O) groups excluding carboxylic acids is 1. The van der Waals surface area contributed by atoms with E-state index in [9.17, 15) is 4.79 Å². The first kappa shape index (κ1) is 13.5. The molecule has 0 spiro atoms. The Kier molecular flexibility index (Phi) is 5.52. The van der Waals surface area contributed by atoms with Gasteiger partial charge in [0.2, 0.25) is 5.91 Å². The molecule has 17 heavy (non-hydrogen) atoms. The Morgan fingerprint density at radius 3 is 2.59 bits per heavy atom. The van der Waals surface area contributed by atoms with Gasteiger partial charge in [-0.2, -0.15) is 0 Å². The summed E-state index contributed by atoms with van der Waals surface area (Å²) >= 11 is 0. The maximum absolute atomic E-state index is 11.4. The molecular formula is C12H22N4O. The Morgan fingerprint density at radius 2 is 2.06 bits per heavy atom. The summed E-state index contributed by atoms with van der Waals surface area (Å²) in [6, 6.07) is 0.405. The number of carbonyl (C=O) groups is 1. The van der Waals surface area contributed by atoms with Crippen molar-refractivity contribution in [1.82, 2.24) is 15.5 Å². The highest BCUT2D eigenvalue weighted by molar-refractivity contribution is 5.84. The molecule has 0 atom stereocenters.